The predicted octanol–water partition coefficient (Wildman–Crippen LogP) is 1.96. The summed E-state index contributed by atoms with van der Waals surface area (Å²) >= 11 is 5.52. The van der Waals surface area contributed by atoms with Crippen LogP contribution in [0.1, 0.15) is 6.42 Å². The van der Waals surface area contributed by atoms with Crippen molar-refractivity contribution < 1.29 is 17.9 Å². The van der Waals surface area contributed by atoms with E-state index in [1.54, 1.807) is 26.3 Å². The van der Waals surface area contributed by atoms with Crippen LogP contribution in [-0.2, 0) is 14.8 Å². The lowest BCUT2D eigenvalue weighted by Gasteiger charge is -2.17. The Hall–Kier alpha value is -0.820. The molecule has 114 valence electrons. The Morgan fingerprint density at radius 3 is 2.40 bits per heavy atom. The van der Waals surface area contributed by atoms with Crippen LogP contribution >= 0.6 is 11.6 Å². The van der Waals surface area contributed by atoms with E-state index in [1.807, 2.05) is 0 Å². The zero-order chi connectivity index (χ0) is 15.0. The van der Waals surface area contributed by atoms with Gasteiger partial charge in [0, 0.05) is 27.3 Å². The van der Waals surface area contributed by atoms with E-state index in [2.05, 4.69) is 0 Å². The van der Waals surface area contributed by atoms with Crippen LogP contribution in [-0.4, -0.2) is 52.5 Å². The van der Waals surface area contributed by atoms with Crippen molar-refractivity contribution >= 4 is 21.6 Å². The number of sulfonamides is 1. The maximum absolute atomic E-state index is 12.3. The Morgan fingerprint density at radius 1 is 1.20 bits per heavy atom. The van der Waals surface area contributed by atoms with Crippen molar-refractivity contribution in [3.8, 4) is 5.75 Å². The van der Waals surface area contributed by atoms with E-state index in [1.165, 1.54) is 16.4 Å². The van der Waals surface area contributed by atoms with Crippen molar-refractivity contribution in [3.05, 3.63) is 24.3 Å². The molecule has 1 rings (SSSR count). The first kappa shape index (κ1) is 17.2. The quantitative estimate of drug-likeness (QED) is 0.515. The summed E-state index contributed by atoms with van der Waals surface area (Å²) in [5.74, 6) is 0.995. The highest BCUT2D eigenvalue weighted by Gasteiger charge is 2.20. The minimum Gasteiger partial charge on any atom is -0.492 e. The topological polar surface area (TPSA) is 55.8 Å². The maximum Gasteiger partial charge on any atom is 0.242 e. The van der Waals surface area contributed by atoms with E-state index in [-0.39, 0.29) is 4.90 Å². The number of methoxy groups -OCH3 is 1. The average Bonchev–Trinajstić information content (AvgIpc) is 2.45. The van der Waals surface area contributed by atoms with Gasteiger partial charge in [0.05, 0.1) is 10.8 Å². The second-order valence-electron chi connectivity index (χ2n) is 4.18. The third-order valence-corrected chi connectivity index (χ3v) is 4.72. The maximum atomic E-state index is 12.3. The van der Waals surface area contributed by atoms with E-state index < -0.39 is 10.0 Å². The molecule has 0 radical (unpaired) electrons. The third kappa shape index (κ3) is 4.94. The van der Waals surface area contributed by atoms with Crippen molar-refractivity contribution in [3.63, 3.8) is 0 Å². The number of ether oxygens (including phenoxy) is 2. The predicted molar refractivity (Wildman–Crippen MR) is 79.0 cm³/mol. The van der Waals surface area contributed by atoms with Gasteiger partial charge in [0.25, 0.3) is 0 Å². The second kappa shape index (κ2) is 8.46. The molecule has 7 heteroatoms. The third-order valence-electron chi connectivity index (χ3n) is 2.70. The van der Waals surface area contributed by atoms with Gasteiger partial charge < -0.3 is 9.47 Å². The molecule has 0 amide bonds. The molecule has 1 aromatic carbocycles. The lowest BCUT2D eigenvalue weighted by atomic mass is 10.3. The molecule has 0 aliphatic rings. The molecule has 0 unspecified atom stereocenters. The van der Waals surface area contributed by atoms with Gasteiger partial charge in [0.1, 0.15) is 12.4 Å². The highest BCUT2D eigenvalue weighted by atomic mass is 35.5. The number of hydrogen-bond donors (Lipinski definition) is 0. The lowest BCUT2D eigenvalue weighted by Crippen LogP contribution is -2.28. The van der Waals surface area contributed by atoms with Crippen molar-refractivity contribution in [1.29, 1.82) is 0 Å². The minimum absolute atomic E-state index is 0.246. The molecule has 0 aliphatic heterocycles. The standard InChI is InChI=1S/C13H20ClNO4S/c1-15(9-3-10-18-2)20(16,17)13-6-4-12(5-7-13)19-11-8-14/h4-7H,3,8-11H2,1-2H3. The summed E-state index contributed by atoms with van der Waals surface area (Å²) in [5.41, 5.74) is 0. The number of rotatable bonds is 9. The van der Waals surface area contributed by atoms with Crippen LogP contribution in [0.15, 0.2) is 29.2 Å². The van der Waals surface area contributed by atoms with Crippen LogP contribution in [0.5, 0.6) is 5.75 Å². The summed E-state index contributed by atoms with van der Waals surface area (Å²) in [6.45, 7) is 1.34. The number of alkyl halides is 1. The summed E-state index contributed by atoms with van der Waals surface area (Å²) in [6, 6.07) is 6.32. The molecule has 0 aromatic heterocycles. The number of halogens is 1. The number of benzene rings is 1. The average molecular weight is 322 g/mol. The first-order chi connectivity index (χ1) is 9.52. The normalized spacial score (nSPS) is 11.8. The van der Waals surface area contributed by atoms with Gasteiger partial charge >= 0.3 is 0 Å². The van der Waals surface area contributed by atoms with Gasteiger partial charge in [0.15, 0.2) is 0 Å². The van der Waals surface area contributed by atoms with Gasteiger partial charge in [-0.15, -0.1) is 11.6 Å². The number of hydrogen-bond acceptors (Lipinski definition) is 4. The zero-order valence-electron chi connectivity index (χ0n) is 11.7. The minimum atomic E-state index is -3.46. The molecule has 0 atom stereocenters. The van der Waals surface area contributed by atoms with E-state index in [9.17, 15) is 8.42 Å². The number of nitrogens with zero attached hydrogens (tertiary/aromatic N) is 1. The molecule has 0 N–H and O–H groups in total. The van der Waals surface area contributed by atoms with Crippen LogP contribution < -0.4 is 4.74 Å². The van der Waals surface area contributed by atoms with Crippen molar-refractivity contribution in [1.82, 2.24) is 4.31 Å². The molecule has 0 bridgehead atoms. The molecule has 0 fully saturated rings. The van der Waals surface area contributed by atoms with E-state index in [0.29, 0.717) is 37.8 Å². The molecule has 20 heavy (non-hydrogen) atoms. The van der Waals surface area contributed by atoms with E-state index in [0.717, 1.165) is 0 Å². The van der Waals surface area contributed by atoms with Crippen LogP contribution in [0, 0.1) is 0 Å². The Morgan fingerprint density at radius 2 is 1.85 bits per heavy atom. The highest BCUT2D eigenvalue weighted by molar-refractivity contribution is 7.89. The first-order valence-corrected chi connectivity index (χ1v) is 8.24. The van der Waals surface area contributed by atoms with Crippen LogP contribution in [0.2, 0.25) is 0 Å². The molecule has 1 aromatic rings. The molecule has 0 saturated heterocycles. The molecule has 5 nitrogen and oxygen atoms in total. The van der Waals surface area contributed by atoms with Crippen LogP contribution in [0.3, 0.4) is 0 Å². The Labute approximate surface area is 125 Å². The van der Waals surface area contributed by atoms with E-state index >= 15 is 0 Å². The van der Waals surface area contributed by atoms with Gasteiger partial charge in [-0.1, -0.05) is 0 Å². The fourth-order valence-corrected chi connectivity index (χ4v) is 2.88. The van der Waals surface area contributed by atoms with E-state index in [4.69, 9.17) is 21.1 Å². The fraction of sp³-hybridized carbons (Fsp3) is 0.538. The van der Waals surface area contributed by atoms with Gasteiger partial charge in [-0.3, -0.25) is 0 Å². The lowest BCUT2D eigenvalue weighted by molar-refractivity contribution is 0.189. The van der Waals surface area contributed by atoms with Gasteiger partial charge in [-0.05, 0) is 30.7 Å². The first-order valence-electron chi connectivity index (χ1n) is 6.26. The molecular weight excluding hydrogens is 302 g/mol. The van der Waals surface area contributed by atoms with Gasteiger partial charge in [-0.2, -0.15) is 0 Å². The Balaban J connectivity index is 2.71. The van der Waals surface area contributed by atoms with Crippen molar-refractivity contribution in [2.24, 2.45) is 0 Å². The van der Waals surface area contributed by atoms with Crippen LogP contribution in [0.25, 0.3) is 0 Å². The zero-order valence-corrected chi connectivity index (χ0v) is 13.3. The monoisotopic (exact) mass is 321 g/mol. The summed E-state index contributed by atoms with van der Waals surface area (Å²) in [6.07, 6.45) is 0.656. The molecule has 0 heterocycles. The van der Waals surface area contributed by atoms with Gasteiger partial charge in [0.2, 0.25) is 10.0 Å². The largest absolute Gasteiger partial charge is 0.492 e. The van der Waals surface area contributed by atoms with Crippen LogP contribution in [0.4, 0.5) is 0 Å². The van der Waals surface area contributed by atoms with Gasteiger partial charge in [-0.25, -0.2) is 12.7 Å². The molecule has 0 spiro atoms. The smallest absolute Gasteiger partial charge is 0.242 e. The fourth-order valence-electron chi connectivity index (χ4n) is 1.60. The molecule has 0 aliphatic carbocycles. The molecular formula is C13H20ClNO4S. The SMILES string of the molecule is COCCCN(C)S(=O)(=O)c1ccc(OCCCl)cc1. The second-order valence-corrected chi connectivity index (χ2v) is 6.60. The van der Waals surface area contributed by atoms with Crippen molar-refractivity contribution in [2.75, 3.05) is 39.8 Å². The highest BCUT2D eigenvalue weighted by Crippen LogP contribution is 2.19. The summed E-state index contributed by atoms with van der Waals surface area (Å²) in [7, 11) is -0.311. The van der Waals surface area contributed by atoms with Crippen molar-refractivity contribution in [2.45, 2.75) is 11.3 Å². The Kier molecular flexibility index (Phi) is 7.29. The summed E-state index contributed by atoms with van der Waals surface area (Å²) in [5, 5.41) is 0. The Bertz CT molecular complexity index is 490. The summed E-state index contributed by atoms with van der Waals surface area (Å²) in [4.78, 5) is 0.246. The summed E-state index contributed by atoms with van der Waals surface area (Å²) < 4.78 is 36.1. The molecule has 0 saturated carbocycles.